The Morgan fingerprint density at radius 3 is 2.76 bits per heavy atom. The van der Waals surface area contributed by atoms with Crippen molar-refractivity contribution < 1.29 is 4.79 Å². The van der Waals surface area contributed by atoms with Crippen molar-refractivity contribution in [2.45, 2.75) is 31.7 Å². The van der Waals surface area contributed by atoms with Gasteiger partial charge in [-0.25, -0.2) is 0 Å². The van der Waals surface area contributed by atoms with Crippen molar-refractivity contribution >= 4 is 11.6 Å². The molecular formula is C18H20N2O. The lowest BCUT2D eigenvalue weighted by atomic mass is 9.75. The molecule has 1 unspecified atom stereocenters. The average Bonchev–Trinajstić information content (AvgIpc) is 2.47. The van der Waals surface area contributed by atoms with E-state index in [1.807, 2.05) is 49.4 Å². The zero-order valence-corrected chi connectivity index (χ0v) is 12.2. The number of hydrogen-bond acceptors (Lipinski definition) is 2. The van der Waals surface area contributed by atoms with Gasteiger partial charge in [0.15, 0.2) is 0 Å². The summed E-state index contributed by atoms with van der Waals surface area (Å²) in [5, 5.41) is 3.42. The smallest absolute Gasteiger partial charge is 0.247 e. The molecule has 0 saturated heterocycles. The van der Waals surface area contributed by atoms with Gasteiger partial charge in [-0.2, -0.15) is 0 Å². The molecule has 1 atom stereocenters. The molecule has 1 aliphatic rings. The number of nitrogens with one attached hydrogen (secondary N) is 1. The van der Waals surface area contributed by atoms with Crippen molar-refractivity contribution in [2.75, 3.05) is 5.32 Å². The highest BCUT2D eigenvalue weighted by atomic mass is 16.1. The van der Waals surface area contributed by atoms with Gasteiger partial charge >= 0.3 is 0 Å². The Bertz CT molecular complexity index is 680. The summed E-state index contributed by atoms with van der Waals surface area (Å²) < 4.78 is 0. The fraction of sp³-hybridized carbons (Fsp3) is 0.278. The van der Waals surface area contributed by atoms with Gasteiger partial charge in [0.25, 0.3) is 0 Å². The third kappa shape index (κ3) is 2.40. The second-order valence-electron chi connectivity index (χ2n) is 5.77. The SMILES string of the molecule is Cc1cccc(NC2(C(N)=O)CCCc3ccccc32)c1. The standard InChI is InChI=1S/C18H20N2O/c1-13-6-4-9-15(12-13)20-18(17(19)21)11-5-8-14-7-2-3-10-16(14)18/h2-4,6-7,9-10,12,20H,5,8,11H2,1H3,(H2,19,21). The molecule has 3 heteroatoms. The van der Waals surface area contributed by atoms with E-state index < -0.39 is 5.54 Å². The number of amides is 1. The minimum absolute atomic E-state index is 0.309. The number of hydrogen-bond donors (Lipinski definition) is 2. The number of carbonyl (C=O) groups is 1. The molecule has 0 bridgehead atoms. The predicted molar refractivity (Wildman–Crippen MR) is 85.1 cm³/mol. The Hall–Kier alpha value is -2.29. The molecule has 0 saturated carbocycles. The molecule has 3 nitrogen and oxygen atoms in total. The van der Waals surface area contributed by atoms with Crippen LogP contribution in [-0.4, -0.2) is 5.91 Å². The Labute approximate surface area is 125 Å². The van der Waals surface area contributed by atoms with Crippen molar-refractivity contribution in [3.05, 3.63) is 65.2 Å². The molecule has 3 N–H and O–H groups in total. The lowest BCUT2D eigenvalue weighted by molar-refractivity contribution is -0.123. The fourth-order valence-electron chi connectivity index (χ4n) is 3.25. The van der Waals surface area contributed by atoms with E-state index >= 15 is 0 Å². The maximum absolute atomic E-state index is 12.3. The summed E-state index contributed by atoms with van der Waals surface area (Å²) in [5.41, 5.74) is 9.32. The molecule has 2 aromatic carbocycles. The number of anilines is 1. The number of nitrogens with two attached hydrogens (primary N) is 1. The maximum Gasteiger partial charge on any atom is 0.247 e. The normalized spacial score (nSPS) is 20.6. The van der Waals surface area contributed by atoms with Crippen LogP contribution in [0, 0.1) is 6.92 Å². The van der Waals surface area contributed by atoms with Gasteiger partial charge in [0, 0.05) is 5.69 Å². The van der Waals surface area contributed by atoms with Gasteiger partial charge < -0.3 is 11.1 Å². The molecule has 0 radical (unpaired) electrons. The second kappa shape index (κ2) is 5.24. The summed E-state index contributed by atoms with van der Waals surface area (Å²) in [7, 11) is 0. The third-order valence-corrected chi connectivity index (χ3v) is 4.27. The molecule has 21 heavy (non-hydrogen) atoms. The van der Waals surface area contributed by atoms with Gasteiger partial charge in [-0.3, -0.25) is 4.79 Å². The first kappa shape index (κ1) is 13.7. The summed E-state index contributed by atoms with van der Waals surface area (Å²) in [6, 6.07) is 16.1. The molecular weight excluding hydrogens is 260 g/mol. The minimum Gasteiger partial charge on any atom is -0.368 e. The fourth-order valence-corrected chi connectivity index (χ4v) is 3.25. The predicted octanol–water partition coefficient (Wildman–Crippen LogP) is 3.12. The summed E-state index contributed by atoms with van der Waals surface area (Å²) in [6.45, 7) is 2.04. The molecule has 0 aromatic heterocycles. The van der Waals surface area contributed by atoms with Crippen molar-refractivity contribution in [1.29, 1.82) is 0 Å². The Kier molecular flexibility index (Phi) is 3.42. The molecule has 3 rings (SSSR count). The monoisotopic (exact) mass is 280 g/mol. The zero-order valence-electron chi connectivity index (χ0n) is 12.2. The number of aryl methyl sites for hydroxylation is 2. The van der Waals surface area contributed by atoms with Crippen molar-refractivity contribution in [2.24, 2.45) is 5.73 Å². The van der Waals surface area contributed by atoms with E-state index in [0.29, 0.717) is 0 Å². The van der Waals surface area contributed by atoms with Crippen LogP contribution in [-0.2, 0) is 16.8 Å². The first-order valence-electron chi connectivity index (χ1n) is 7.35. The third-order valence-electron chi connectivity index (χ3n) is 4.27. The van der Waals surface area contributed by atoms with Gasteiger partial charge in [0.05, 0.1) is 0 Å². The highest BCUT2D eigenvalue weighted by Crippen LogP contribution is 2.38. The number of benzene rings is 2. The quantitative estimate of drug-likeness (QED) is 0.907. The maximum atomic E-state index is 12.3. The van der Waals surface area contributed by atoms with Crippen LogP contribution >= 0.6 is 0 Å². The molecule has 1 aliphatic carbocycles. The van der Waals surface area contributed by atoms with E-state index in [1.54, 1.807) is 0 Å². The first-order valence-corrected chi connectivity index (χ1v) is 7.35. The summed E-state index contributed by atoms with van der Waals surface area (Å²) >= 11 is 0. The van der Waals surface area contributed by atoms with E-state index in [2.05, 4.69) is 11.4 Å². The van der Waals surface area contributed by atoms with Gasteiger partial charge in [0.1, 0.15) is 5.54 Å². The first-order chi connectivity index (χ1) is 10.1. The van der Waals surface area contributed by atoms with Crippen LogP contribution in [0.1, 0.15) is 29.5 Å². The lowest BCUT2D eigenvalue weighted by Gasteiger charge is -2.38. The van der Waals surface area contributed by atoms with Crippen LogP contribution in [0.3, 0.4) is 0 Å². The van der Waals surface area contributed by atoms with Crippen LogP contribution in [0.4, 0.5) is 5.69 Å². The topological polar surface area (TPSA) is 55.1 Å². The number of primary amides is 1. The van der Waals surface area contributed by atoms with E-state index in [-0.39, 0.29) is 5.91 Å². The van der Waals surface area contributed by atoms with Gasteiger partial charge in [-0.1, -0.05) is 36.4 Å². The van der Waals surface area contributed by atoms with Crippen LogP contribution in [0.25, 0.3) is 0 Å². The Balaban J connectivity index is 2.08. The van der Waals surface area contributed by atoms with Crippen molar-refractivity contribution in [3.8, 4) is 0 Å². The molecule has 108 valence electrons. The zero-order chi connectivity index (χ0) is 14.9. The number of fused-ring (bicyclic) bond motifs is 1. The number of carbonyl (C=O) groups excluding carboxylic acids is 1. The highest BCUT2D eigenvalue weighted by molar-refractivity contribution is 5.90. The van der Waals surface area contributed by atoms with Gasteiger partial charge in [-0.15, -0.1) is 0 Å². The van der Waals surface area contributed by atoms with Gasteiger partial charge in [-0.05, 0) is 55.0 Å². The molecule has 2 aromatic rings. The van der Waals surface area contributed by atoms with E-state index in [9.17, 15) is 4.79 Å². The molecule has 0 fully saturated rings. The van der Waals surface area contributed by atoms with Crippen molar-refractivity contribution in [1.82, 2.24) is 0 Å². The van der Waals surface area contributed by atoms with E-state index in [4.69, 9.17) is 5.73 Å². The number of rotatable bonds is 3. The van der Waals surface area contributed by atoms with Crippen LogP contribution in [0.15, 0.2) is 48.5 Å². The minimum atomic E-state index is -0.803. The van der Waals surface area contributed by atoms with Crippen LogP contribution < -0.4 is 11.1 Å². The Morgan fingerprint density at radius 2 is 2.00 bits per heavy atom. The molecule has 1 amide bonds. The summed E-state index contributed by atoms with van der Waals surface area (Å²) in [4.78, 5) is 12.3. The van der Waals surface area contributed by atoms with Crippen molar-refractivity contribution in [3.63, 3.8) is 0 Å². The van der Waals surface area contributed by atoms with Gasteiger partial charge in [0.2, 0.25) is 5.91 Å². The largest absolute Gasteiger partial charge is 0.368 e. The molecule has 0 aliphatic heterocycles. The molecule has 0 heterocycles. The summed E-state index contributed by atoms with van der Waals surface area (Å²) in [5.74, 6) is -0.309. The van der Waals surface area contributed by atoms with E-state index in [1.165, 1.54) is 5.56 Å². The highest BCUT2D eigenvalue weighted by Gasteiger charge is 2.41. The van der Waals surface area contributed by atoms with Crippen LogP contribution in [0.5, 0.6) is 0 Å². The van der Waals surface area contributed by atoms with Crippen LogP contribution in [0.2, 0.25) is 0 Å². The summed E-state index contributed by atoms with van der Waals surface area (Å²) in [6.07, 6.45) is 2.69. The lowest BCUT2D eigenvalue weighted by Crippen LogP contribution is -2.49. The average molecular weight is 280 g/mol. The second-order valence-corrected chi connectivity index (χ2v) is 5.77. The molecule has 0 spiro atoms. The van der Waals surface area contributed by atoms with E-state index in [0.717, 1.165) is 36.1 Å². The Morgan fingerprint density at radius 1 is 1.19 bits per heavy atom.